The molecule has 2 heterocycles. The van der Waals surface area contributed by atoms with Gasteiger partial charge in [-0.25, -0.2) is 0 Å². The van der Waals surface area contributed by atoms with Gasteiger partial charge in [0, 0.05) is 40.7 Å². The molecular formula is C29H30N4O. The number of carbonyl (C=O) groups excluding carboxylic acids is 1. The largest absolute Gasteiger partial charge is 0.361 e. The quantitative estimate of drug-likeness (QED) is 0.269. The Morgan fingerprint density at radius 2 is 1.88 bits per heavy atom. The van der Waals surface area contributed by atoms with Crippen LogP contribution in [0.15, 0.2) is 66.4 Å². The van der Waals surface area contributed by atoms with E-state index in [0.717, 1.165) is 39.1 Å². The summed E-state index contributed by atoms with van der Waals surface area (Å²) in [7, 11) is 0. The van der Waals surface area contributed by atoms with Gasteiger partial charge < -0.3 is 14.9 Å². The second-order valence-corrected chi connectivity index (χ2v) is 8.94. The van der Waals surface area contributed by atoms with Crippen LogP contribution in [0.1, 0.15) is 47.8 Å². The van der Waals surface area contributed by atoms with Gasteiger partial charge in [0.15, 0.2) is 0 Å². The Bertz CT molecular complexity index is 1390. The Morgan fingerprint density at radius 1 is 1.15 bits per heavy atom. The number of nitrogens with zero attached hydrogens (tertiary/aromatic N) is 2. The average molecular weight is 451 g/mol. The fourth-order valence-electron chi connectivity index (χ4n) is 4.39. The number of carbonyl (C=O) groups is 1. The molecule has 5 nitrogen and oxygen atoms in total. The van der Waals surface area contributed by atoms with Crippen LogP contribution in [0.25, 0.3) is 22.7 Å². The highest BCUT2D eigenvalue weighted by atomic mass is 16.1. The van der Waals surface area contributed by atoms with Crippen LogP contribution in [-0.4, -0.2) is 22.0 Å². The number of aromatic amines is 1. The lowest BCUT2D eigenvalue weighted by Gasteiger charge is -2.12. The molecule has 0 bridgehead atoms. The number of nitriles is 1. The van der Waals surface area contributed by atoms with Crippen molar-refractivity contribution < 1.29 is 4.79 Å². The van der Waals surface area contributed by atoms with Gasteiger partial charge in [0.25, 0.3) is 5.91 Å². The molecule has 2 aromatic heterocycles. The molecule has 0 radical (unpaired) electrons. The first-order chi connectivity index (χ1) is 16.4. The number of aryl methyl sites for hydroxylation is 1. The van der Waals surface area contributed by atoms with Gasteiger partial charge in [0.05, 0.1) is 0 Å². The second kappa shape index (κ2) is 9.84. The summed E-state index contributed by atoms with van der Waals surface area (Å²) < 4.78 is 2.15. The Kier molecular flexibility index (Phi) is 6.70. The van der Waals surface area contributed by atoms with Gasteiger partial charge >= 0.3 is 0 Å². The molecule has 0 aliphatic carbocycles. The van der Waals surface area contributed by atoms with Crippen molar-refractivity contribution in [2.75, 3.05) is 6.54 Å². The van der Waals surface area contributed by atoms with Gasteiger partial charge in [-0.2, -0.15) is 5.26 Å². The summed E-state index contributed by atoms with van der Waals surface area (Å²) in [4.78, 5) is 16.0. The molecule has 1 amide bonds. The summed E-state index contributed by atoms with van der Waals surface area (Å²) in [5, 5.41) is 13.7. The van der Waals surface area contributed by atoms with E-state index in [1.165, 1.54) is 5.56 Å². The van der Waals surface area contributed by atoms with Crippen molar-refractivity contribution >= 4 is 22.9 Å². The molecule has 0 atom stereocenters. The monoisotopic (exact) mass is 450 g/mol. The summed E-state index contributed by atoms with van der Waals surface area (Å²) in [6.07, 6.45) is 4.35. The van der Waals surface area contributed by atoms with E-state index >= 15 is 0 Å². The minimum Gasteiger partial charge on any atom is -0.361 e. The lowest BCUT2D eigenvalue weighted by Crippen LogP contribution is -2.26. The zero-order chi connectivity index (χ0) is 24.2. The molecular weight excluding hydrogens is 420 g/mol. The van der Waals surface area contributed by atoms with Gasteiger partial charge in [-0.05, 0) is 73.2 Å². The molecule has 4 rings (SSSR count). The summed E-state index contributed by atoms with van der Waals surface area (Å²) in [6.45, 7) is 8.87. The van der Waals surface area contributed by atoms with E-state index in [4.69, 9.17) is 0 Å². The van der Waals surface area contributed by atoms with Gasteiger partial charge in [-0.15, -0.1) is 0 Å². The Morgan fingerprint density at radius 3 is 2.59 bits per heavy atom. The number of H-pyrrole nitrogens is 1. The number of hydrogen-bond acceptors (Lipinski definition) is 2. The van der Waals surface area contributed by atoms with Gasteiger partial charge in [-0.1, -0.05) is 44.2 Å². The predicted molar refractivity (Wildman–Crippen MR) is 138 cm³/mol. The zero-order valence-electron chi connectivity index (χ0n) is 20.1. The van der Waals surface area contributed by atoms with E-state index in [0.29, 0.717) is 18.9 Å². The van der Waals surface area contributed by atoms with E-state index in [9.17, 15) is 10.1 Å². The molecule has 4 aromatic rings. The topological polar surface area (TPSA) is 73.6 Å². The van der Waals surface area contributed by atoms with Crippen molar-refractivity contribution in [1.82, 2.24) is 14.9 Å². The second-order valence-electron chi connectivity index (χ2n) is 8.94. The average Bonchev–Trinajstić information content (AvgIpc) is 3.37. The van der Waals surface area contributed by atoms with Crippen LogP contribution in [0, 0.1) is 25.2 Å². The molecule has 0 aliphatic rings. The summed E-state index contributed by atoms with van der Waals surface area (Å²) in [5.74, 6) is 0.125. The number of aromatic nitrogens is 2. The van der Waals surface area contributed by atoms with E-state index in [2.05, 4.69) is 65.1 Å². The lowest BCUT2D eigenvalue weighted by atomic mass is 10.0. The van der Waals surface area contributed by atoms with E-state index in [-0.39, 0.29) is 11.5 Å². The third-order valence-corrected chi connectivity index (χ3v) is 6.31. The maximum absolute atomic E-state index is 12.7. The predicted octanol–water partition coefficient (Wildman–Crippen LogP) is 5.96. The SMILES string of the molecule is Cc1cc(/C=C(/C#N)C(=O)NCCc2c[nH]c3ccccc23)c(C)n1-c1ccc(C(C)C)cc1. The summed E-state index contributed by atoms with van der Waals surface area (Å²) >= 11 is 0. The number of benzene rings is 2. The normalized spacial score (nSPS) is 11.7. The number of hydrogen-bond donors (Lipinski definition) is 2. The number of para-hydroxylation sites is 1. The molecule has 0 unspecified atom stereocenters. The van der Waals surface area contributed by atoms with E-state index < -0.39 is 0 Å². The van der Waals surface area contributed by atoms with Crippen molar-refractivity contribution in [3.8, 4) is 11.8 Å². The fourth-order valence-corrected chi connectivity index (χ4v) is 4.39. The molecule has 172 valence electrons. The number of fused-ring (bicyclic) bond motifs is 1. The first kappa shape index (κ1) is 23.1. The fraction of sp³-hybridized carbons (Fsp3) is 0.241. The van der Waals surface area contributed by atoms with Gasteiger partial charge in [0.1, 0.15) is 11.6 Å². The number of amides is 1. The molecule has 34 heavy (non-hydrogen) atoms. The summed E-state index contributed by atoms with van der Waals surface area (Å²) in [6, 6.07) is 20.7. The lowest BCUT2D eigenvalue weighted by molar-refractivity contribution is -0.117. The molecule has 0 fully saturated rings. The molecule has 0 aliphatic heterocycles. The Labute approximate surface area is 200 Å². The van der Waals surface area contributed by atoms with Crippen molar-refractivity contribution in [1.29, 1.82) is 5.26 Å². The number of nitrogens with one attached hydrogen (secondary N) is 2. The molecule has 0 spiro atoms. The Balaban J connectivity index is 1.49. The maximum Gasteiger partial charge on any atom is 0.261 e. The van der Waals surface area contributed by atoms with Crippen molar-refractivity contribution in [3.63, 3.8) is 0 Å². The van der Waals surface area contributed by atoms with Crippen LogP contribution in [0.5, 0.6) is 0 Å². The minimum absolute atomic E-state index is 0.106. The first-order valence-electron chi connectivity index (χ1n) is 11.6. The van der Waals surface area contributed by atoms with Crippen LogP contribution in [-0.2, 0) is 11.2 Å². The number of rotatable bonds is 7. The smallest absolute Gasteiger partial charge is 0.261 e. The van der Waals surface area contributed by atoms with Crippen LogP contribution < -0.4 is 5.32 Å². The van der Waals surface area contributed by atoms with Crippen LogP contribution in [0.4, 0.5) is 0 Å². The molecule has 0 saturated heterocycles. The standard InChI is InChI=1S/C29H30N4O/c1-19(2)22-9-11-26(12-10-22)33-20(3)15-24(21(33)4)16-25(17-30)29(34)31-14-13-23-18-32-28-8-6-5-7-27(23)28/h5-12,15-16,18-19,32H,13-14H2,1-4H3,(H,31,34)/b25-16-. The van der Waals surface area contributed by atoms with E-state index in [1.807, 2.05) is 44.3 Å². The molecule has 0 saturated carbocycles. The third kappa shape index (κ3) is 4.67. The van der Waals surface area contributed by atoms with Gasteiger partial charge in [0.2, 0.25) is 0 Å². The summed E-state index contributed by atoms with van der Waals surface area (Å²) in [5.41, 5.74) is 7.61. The highest BCUT2D eigenvalue weighted by molar-refractivity contribution is 6.01. The Hall–Kier alpha value is -4.04. The maximum atomic E-state index is 12.7. The van der Waals surface area contributed by atoms with Crippen LogP contribution in [0.2, 0.25) is 0 Å². The van der Waals surface area contributed by atoms with E-state index in [1.54, 1.807) is 6.08 Å². The zero-order valence-corrected chi connectivity index (χ0v) is 20.1. The van der Waals surface area contributed by atoms with Crippen molar-refractivity contribution in [2.24, 2.45) is 0 Å². The van der Waals surface area contributed by atoms with Crippen molar-refractivity contribution in [2.45, 2.75) is 40.0 Å². The first-order valence-corrected chi connectivity index (χ1v) is 11.6. The molecule has 5 heteroatoms. The van der Waals surface area contributed by atoms with Crippen molar-refractivity contribution in [3.05, 3.63) is 94.4 Å². The van der Waals surface area contributed by atoms with Crippen LogP contribution in [0.3, 0.4) is 0 Å². The minimum atomic E-state index is -0.353. The highest BCUT2D eigenvalue weighted by Gasteiger charge is 2.14. The third-order valence-electron chi connectivity index (χ3n) is 6.31. The molecule has 2 N–H and O–H groups in total. The highest BCUT2D eigenvalue weighted by Crippen LogP contribution is 2.24. The molecule has 2 aromatic carbocycles. The van der Waals surface area contributed by atoms with Gasteiger partial charge in [-0.3, -0.25) is 4.79 Å². The van der Waals surface area contributed by atoms with Crippen LogP contribution >= 0.6 is 0 Å².